The van der Waals surface area contributed by atoms with Crippen molar-refractivity contribution in [3.63, 3.8) is 0 Å². The van der Waals surface area contributed by atoms with E-state index in [1.807, 2.05) is 14.1 Å². The highest BCUT2D eigenvalue weighted by Gasteiger charge is 2.21. The Labute approximate surface area is 148 Å². The number of nitrogens with zero attached hydrogens (tertiary/aromatic N) is 2. The van der Waals surface area contributed by atoms with Crippen molar-refractivity contribution in [3.05, 3.63) is 23.2 Å². The number of hydrogen-bond donors (Lipinski definition) is 2. The van der Waals surface area contributed by atoms with Gasteiger partial charge in [0.25, 0.3) is 0 Å². The van der Waals surface area contributed by atoms with Crippen LogP contribution < -0.4 is 10.6 Å². The Hall–Kier alpha value is -0.930. The average molecular weight is 379 g/mol. The van der Waals surface area contributed by atoms with Gasteiger partial charge in [0, 0.05) is 26.3 Å². The number of benzene rings is 1. The maximum absolute atomic E-state index is 12.2. The molecule has 0 saturated carbocycles. The molecule has 0 radical (unpaired) electrons. The summed E-state index contributed by atoms with van der Waals surface area (Å²) in [4.78, 5) is 2.14. The Morgan fingerprint density at radius 2 is 1.91 bits per heavy atom. The normalized spacial score (nSPS) is 11.8. The van der Waals surface area contributed by atoms with Gasteiger partial charge < -0.3 is 15.5 Å². The summed E-state index contributed by atoms with van der Waals surface area (Å²) in [6, 6.07) is 4.70. The van der Waals surface area contributed by atoms with E-state index in [-0.39, 0.29) is 9.92 Å². The summed E-state index contributed by atoms with van der Waals surface area (Å²) in [6.07, 6.45) is 0.954. The summed E-state index contributed by atoms with van der Waals surface area (Å²) in [6.45, 7) is 1.70. The van der Waals surface area contributed by atoms with Crippen molar-refractivity contribution in [2.24, 2.45) is 0 Å². The first-order valence-electron chi connectivity index (χ1n) is 7.06. The zero-order valence-electron chi connectivity index (χ0n) is 13.8. The van der Waals surface area contributed by atoms with E-state index >= 15 is 0 Å². The molecular weight excluding hydrogens is 356 g/mol. The molecule has 0 aromatic heterocycles. The van der Waals surface area contributed by atoms with Crippen molar-refractivity contribution in [1.82, 2.24) is 14.5 Å². The minimum Gasteiger partial charge on any atom is -0.362 e. The molecule has 6 nitrogen and oxygen atoms in total. The van der Waals surface area contributed by atoms with Crippen molar-refractivity contribution < 1.29 is 8.42 Å². The second-order valence-corrected chi connectivity index (χ2v) is 8.41. The van der Waals surface area contributed by atoms with Gasteiger partial charge in [0.2, 0.25) is 10.0 Å². The van der Waals surface area contributed by atoms with Crippen LogP contribution in [0.4, 0.5) is 5.69 Å². The van der Waals surface area contributed by atoms with E-state index in [4.69, 9.17) is 23.8 Å². The molecule has 1 rings (SSSR count). The fraction of sp³-hybridized carbons (Fsp3) is 0.500. The van der Waals surface area contributed by atoms with E-state index in [2.05, 4.69) is 15.5 Å². The smallest absolute Gasteiger partial charge is 0.244 e. The molecule has 0 unspecified atom stereocenters. The first kappa shape index (κ1) is 20.1. The summed E-state index contributed by atoms with van der Waals surface area (Å²) < 4.78 is 25.6. The fourth-order valence-electron chi connectivity index (χ4n) is 1.75. The van der Waals surface area contributed by atoms with Crippen molar-refractivity contribution in [3.8, 4) is 0 Å². The monoisotopic (exact) mass is 378 g/mol. The van der Waals surface area contributed by atoms with Crippen LogP contribution >= 0.6 is 23.8 Å². The van der Waals surface area contributed by atoms with Gasteiger partial charge in [-0.1, -0.05) is 11.6 Å². The number of anilines is 1. The van der Waals surface area contributed by atoms with Crippen LogP contribution in [-0.2, 0) is 10.0 Å². The SMILES string of the molecule is CN(C)CCCNC(=S)Nc1ccc(Cl)c(S(=O)(=O)N(C)C)c1. The highest BCUT2D eigenvalue weighted by Crippen LogP contribution is 2.26. The van der Waals surface area contributed by atoms with Crippen LogP contribution in [-0.4, -0.2) is 64.0 Å². The van der Waals surface area contributed by atoms with E-state index in [0.717, 1.165) is 23.8 Å². The van der Waals surface area contributed by atoms with Crippen molar-refractivity contribution in [1.29, 1.82) is 0 Å². The van der Waals surface area contributed by atoms with Crippen molar-refractivity contribution >= 4 is 44.6 Å². The zero-order valence-corrected chi connectivity index (χ0v) is 16.1. The van der Waals surface area contributed by atoms with E-state index < -0.39 is 10.0 Å². The number of thiocarbonyl (C=S) groups is 1. The number of hydrogen-bond acceptors (Lipinski definition) is 4. The van der Waals surface area contributed by atoms with Crippen molar-refractivity contribution in [2.45, 2.75) is 11.3 Å². The van der Waals surface area contributed by atoms with Crippen LogP contribution in [0.1, 0.15) is 6.42 Å². The zero-order chi connectivity index (χ0) is 17.6. The highest BCUT2D eigenvalue weighted by atomic mass is 35.5. The lowest BCUT2D eigenvalue weighted by Gasteiger charge is -2.15. The standard InChI is InChI=1S/C14H23ClN4O2S2/c1-18(2)9-5-8-16-14(22)17-11-6-7-12(15)13(10-11)23(20,21)19(3)4/h6-7,10H,5,8-9H2,1-4H3,(H2,16,17,22). The minimum absolute atomic E-state index is 0.0459. The first-order chi connectivity index (χ1) is 10.6. The lowest BCUT2D eigenvalue weighted by atomic mass is 10.3. The van der Waals surface area contributed by atoms with Crippen LogP contribution in [0.2, 0.25) is 5.02 Å². The largest absolute Gasteiger partial charge is 0.362 e. The molecule has 23 heavy (non-hydrogen) atoms. The Kier molecular flexibility index (Phi) is 7.69. The fourth-order valence-corrected chi connectivity index (χ4v) is 3.36. The molecule has 0 spiro atoms. The van der Waals surface area contributed by atoms with E-state index in [0.29, 0.717) is 10.8 Å². The third-order valence-corrected chi connectivity index (χ3v) is 5.56. The third kappa shape index (κ3) is 6.23. The molecule has 130 valence electrons. The van der Waals surface area contributed by atoms with E-state index in [1.165, 1.54) is 26.2 Å². The number of nitrogens with one attached hydrogen (secondary N) is 2. The molecule has 0 saturated heterocycles. The molecule has 0 atom stereocenters. The molecule has 0 aliphatic carbocycles. The quantitative estimate of drug-likeness (QED) is 0.557. The van der Waals surface area contributed by atoms with Crippen LogP contribution in [0.15, 0.2) is 23.1 Å². The molecule has 0 fully saturated rings. The van der Waals surface area contributed by atoms with Gasteiger partial charge in [-0.25, -0.2) is 12.7 Å². The Morgan fingerprint density at radius 3 is 2.48 bits per heavy atom. The molecule has 0 aliphatic rings. The molecule has 1 aromatic carbocycles. The second-order valence-electron chi connectivity index (χ2n) is 5.47. The number of halogens is 1. The molecule has 0 heterocycles. The van der Waals surface area contributed by atoms with Crippen LogP contribution in [0.3, 0.4) is 0 Å². The van der Waals surface area contributed by atoms with Gasteiger partial charge in [0.05, 0.1) is 5.02 Å². The lowest BCUT2D eigenvalue weighted by molar-refractivity contribution is 0.400. The Bertz CT molecular complexity index is 648. The lowest BCUT2D eigenvalue weighted by Crippen LogP contribution is -2.31. The topological polar surface area (TPSA) is 64.7 Å². The van der Waals surface area contributed by atoms with Gasteiger partial charge >= 0.3 is 0 Å². The Morgan fingerprint density at radius 1 is 1.26 bits per heavy atom. The van der Waals surface area contributed by atoms with E-state index in [9.17, 15) is 8.42 Å². The molecule has 0 amide bonds. The van der Waals surface area contributed by atoms with Crippen LogP contribution in [0.25, 0.3) is 0 Å². The Balaban J connectivity index is 2.74. The molecule has 9 heteroatoms. The van der Waals surface area contributed by atoms with Gasteiger partial charge in [0.15, 0.2) is 5.11 Å². The summed E-state index contributed by atoms with van der Waals surface area (Å²) in [5.74, 6) is 0. The van der Waals surface area contributed by atoms with Crippen LogP contribution in [0.5, 0.6) is 0 Å². The molecule has 0 bridgehead atoms. The summed E-state index contributed by atoms with van der Waals surface area (Å²) >= 11 is 11.2. The number of sulfonamides is 1. The molecule has 1 aromatic rings. The predicted molar refractivity (Wildman–Crippen MR) is 99.7 cm³/mol. The summed E-state index contributed by atoms with van der Waals surface area (Å²) in [5, 5.41) is 6.68. The second kappa shape index (κ2) is 8.79. The molecule has 2 N–H and O–H groups in total. The van der Waals surface area contributed by atoms with Gasteiger partial charge in [0.1, 0.15) is 4.90 Å². The predicted octanol–water partition coefficient (Wildman–Crippen LogP) is 1.83. The third-order valence-electron chi connectivity index (χ3n) is 3.02. The molecule has 0 aliphatic heterocycles. The highest BCUT2D eigenvalue weighted by molar-refractivity contribution is 7.89. The van der Waals surface area contributed by atoms with Gasteiger partial charge in [-0.3, -0.25) is 0 Å². The van der Waals surface area contributed by atoms with Gasteiger partial charge in [-0.2, -0.15) is 0 Å². The maximum Gasteiger partial charge on any atom is 0.244 e. The summed E-state index contributed by atoms with van der Waals surface area (Å²) in [5.41, 5.74) is 0.569. The van der Waals surface area contributed by atoms with Gasteiger partial charge in [-0.05, 0) is 57.5 Å². The van der Waals surface area contributed by atoms with Crippen LogP contribution in [0, 0.1) is 0 Å². The number of rotatable bonds is 7. The first-order valence-corrected chi connectivity index (χ1v) is 9.29. The maximum atomic E-state index is 12.2. The molecular formula is C14H23ClN4O2S2. The average Bonchev–Trinajstić information content (AvgIpc) is 2.45. The summed E-state index contributed by atoms with van der Waals surface area (Å²) in [7, 11) is 3.34. The van der Waals surface area contributed by atoms with Crippen molar-refractivity contribution in [2.75, 3.05) is 46.6 Å². The minimum atomic E-state index is -3.60. The van der Waals surface area contributed by atoms with E-state index in [1.54, 1.807) is 6.07 Å². The van der Waals surface area contributed by atoms with Gasteiger partial charge in [-0.15, -0.1) is 0 Å².